The summed E-state index contributed by atoms with van der Waals surface area (Å²) in [5.41, 5.74) is 1.85. The van der Waals surface area contributed by atoms with Crippen LogP contribution in [0.2, 0.25) is 0 Å². The Morgan fingerprint density at radius 2 is 1.05 bits per heavy atom. The van der Waals surface area contributed by atoms with Gasteiger partial charge in [-0.3, -0.25) is 0 Å². The standard InChI is InChI=1S/C14H14O4S2/c1-5-7(3)19-11(9(5)13(15)16)12-10(14(17)18)6(2)8(4)20-12/h1-4H3,(H,15,16)(H,17,18). The lowest BCUT2D eigenvalue weighted by atomic mass is 10.1. The molecule has 0 unspecified atom stereocenters. The van der Waals surface area contributed by atoms with Crippen molar-refractivity contribution < 1.29 is 19.8 Å². The van der Waals surface area contributed by atoms with Crippen LogP contribution in [0.15, 0.2) is 0 Å². The van der Waals surface area contributed by atoms with Crippen LogP contribution >= 0.6 is 22.7 Å². The zero-order valence-electron chi connectivity index (χ0n) is 11.5. The van der Waals surface area contributed by atoms with Gasteiger partial charge in [-0.25, -0.2) is 9.59 Å². The van der Waals surface area contributed by atoms with Crippen LogP contribution in [0.3, 0.4) is 0 Å². The predicted molar refractivity (Wildman–Crippen MR) is 80.5 cm³/mol. The van der Waals surface area contributed by atoms with E-state index in [0.717, 1.165) is 9.75 Å². The Bertz CT molecular complexity index is 660. The first-order valence-electron chi connectivity index (χ1n) is 5.92. The first-order valence-corrected chi connectivity index (χ1v) is 7.55. The molecule has 0 aromatic carbocycles. The quantitative estimate of drug-likeness (QED) is 0.894. The van der Waals surface area contributed by atoms with Crippen molar-refractivity contribution in [1.29, 1.82) is 0 Å². The van der Waals surface area contributed by atoms with E-state index in [1.54, 1.807) is 13.8 Å². The van der Waals surface area contributed by atoms with Crippen LogP contribution in [0.1, 0.15) is 41.6 Å². The third kappa shape index (κ3) is 2.14. The molecule has 2 N–H and O–H groups in total. The number of carbonyl (C=O) groups is 2. The molecule has 2 aromatic heterocycles. The number of carboxylic acid groups (broad SMARTS) is 2. The van der Waals surface area contributed by atoms with Crippen molar-refractivity contribution in [1.82, 2.24) is 0 Å². The van der Waals surface area contributed by atoms with Gasteiger partial charge in [0.25, 0.3) is 0 Å². The molecule has 4 nitrogen and oxygen atoms in total. The minimum atomic E-state index is -1.01. The van der Waals surface area contributed by atoms with Crippen LogP contribution in [-0.4, -0.2) is 22.2 Å². The van der Waals surface area contributed by atoms with E-state index >= 15 is 0 Å². The Hall–Kier alpha value is -1.66. The summed E-state index contributed by atoms with van der Waals surface area (Å²) >= 11 is 2.68. The highest BCUT2D eigenvalue weighted by Gasteiger charge is 2.27. The molecule has 0 amide bonds. The molecule has 0 fully saturated rings. The normalized spacial score (nSPS) is 10.8. The lowest BCUT2D eigenvalue weighted by molar-refractivity contribution is 0.0684. The van der Waals surface area contributed by atoms with Crippen molar-refractivity contribution in [3.63, 3.8) is 0 Å². The van der Waals surface area contributed by atoms with Crippen molar-refractivity contribution in [2.75, 3.05) is 0 Å². The van der Waals surface area contributed by atoms with E-state index in [1.165, 1.54) is 22.7 Å². The van der Waals surface area contributed by atoms with Gasteiger partial charge in [-0.2, -0.15) is 0 Å². The second kappa shape index (κ2) is 5.03. The van der Waals surface area contributed by atoms with Gasteiger partial charge in [0, 0.05) is 9.75 Å². The minimum absolute atomic E-state index is 0.219. The molecule has 0 aliphatic rings. The molecule has 2 aromatic rings. The van der Waals surface area contributed by atoms with E-state index in [2.05, 4.69) is 0 Å². The maximum atomic E-state index is 11.5. The Balaban J connectivity index is 2.82. The van der Waals surface area contributed by atoms with Gasteiger partial charge >= 0.3 is 11.9 Å². The second-order valence-electron chi connectivity index (χ2n) is 4.59. The molecule has 0 spiro atoms. The van der Waals surface area contributed by atoms with Crippen LogP contribution in [0.5, 0.6) is 0 Å². The molecule has 2 rings (SSSR count). The summed E-state index contributed by atoms with van der Waals surface area (Å²) in [5, 5.41) is 18.8. The summed E-state index contributed by atoms with van der Waals surface area (Å²) in [4.78, 5) is 25.8. The van der Waals surface area contributed by atoms with Gasteiger partial charge in [-0.05, 0) is 38.8 Å². The van der Waals surface area contributed by atoms with Gasteiger partial charge in [0.15, 0.2) is 0 Å². The summed E-state index contributed by atoms with van der Waals surface area (Å²) < 4.78 is 0. The number of aromatic carboxylic acids is 2. The maximum absolute atomic E-state index is 11.5. The van der Waals surface area contributed by atoms with Crippen LogP contribution < -0.4 is 0 Å². The molecule has 20 heavy (non-hydrogen) atoms. The Morgan fingerprint density at radius 1 is 0.750 bits per heavy atom. The van der Waals surface area contributed by atoms with E-state index < -0.39 is 11.9 Å². The van der Waals surface area contributed by atoms with E-state index in [-0.39, 0.29) is 11.1 Å². The number of thiophene rings is 2. The maximum Gasteiger partial charge on any atom is 0.337 e. The van der Waals surface area contributed by atoms with Gasteiger partial charge in [-0.1, -0.05) is 0 Å². The van der Waals surface area contributed by atoms with Crippen molar-refractivity contribution >= 4 is 34.6 Å². The zero-order chi connectivity index (χ0) is 15.2. The molecule has 106 valence electrons. The Morgan fingerprint density at radius 3 is 1.30 bits per heavy atom. The number of hydrogen-bond donors (Lipinski definition) is 2. The van der Waals surface area contributed by atoms with E-state index in [9.17, 15) is 19.8 Å². The Kier molecular flexibility index (Phi) is 3.71. The summed E-state index contributed by atoms with van der Waals surface area (Å²) in [6.45, 7) is 7.21. The van der Waals surface area contributed by atoms with Gasteiger partial charge in [0.1, 0.15) is 0 Å². The van der Waals surface area contributed by atoms with Crippen LogP contribution in [0, 0.1) is 27.7 Å². The fraction of sp³-hybridized carbons (Fsp3) is 0.286. The molecule has 0 aliphatic heterocycles. The lowest BCUT2D eigenvalue weighted by Gasteiger charge is -2.01. The molecular weight excluding hydrogens is 296 g/mol. The highest BCUT2D eigenvalue weighted by molar-refractivity contribution is 7.23. The van der Waals surface area contributed by atoms with Crippen LogP contribution in [0.25, 0.3) is 9.75 Å². The van der Waals surface area contributed by atoms with Gasteiger partial charge in [0.2, 0.25) is 0 Å². The SMILES string of the molecule is Cc1sc(-c2sc(C)c(C)c2C(=O)O)c(C(=O)O)c1C. The van der Waals surface area contributed by atoms with Crippen molar-refractivity contribution in [3.05, 3.63) is 32.0 Å². The molecule has 0 saturated carbocycles. The molecule has 0 bridgehead atoms. The minimum Gasteiger partial charge on any atom is -0.478 e. The number of aryl methyl sites for hydroxylation is 2. The summed E-state index contributed by atoms with van der Waals surface area (Å²) in [5.74, 6) is -2.02. The highest BCUT2D eigenvalue weighted by atomic mass is 32.1. The lowest BCUT2D eigenvalue weighted by Crippen LogP contribution is -2.02. The molecule has 2 heterocycles. The van der Waals surface area contributed by atoms with Crippen molar-refractivity contribution in [2.45, 2.75) is 27.7 Å². The third-order valence-electron chi connectivity index (χ3n) is 3.40. The van der Waals surface area contributed by atoms with Crippen molar-refractivity contribution in [2.24, 2.45) is 0 Å². The fourth-order valence-electron chi connectivity index (χ4n) is 2.09. The topological polar surface area (TPSA) is 74.6 Å². The van der Waals surface area contributed by atoms with Gasteiger partial charge < -0.3 is 10.2 Å². The summed E-state index contributed by atoms with van der Waals surface area (Å²) in [7, 11) is 0. The van der Waals surface area contributed by atoms with E-state index in [0.29, 0.717) is 20.9 Å². The Labute approximate surface area is 124 Å². The van der Waals surface area contributed by atoms with Crippen molar-refractivity contribution in [3.8, 4) is 9.75 Å². The van der Waals surface area contributed by atoms with Gasteiger partial charge in [-0.15, -0.1) is 22.7 Å². The third-order valence-corrected chi connectivity index (χ3v) is 5.98. The average molecular weight is 310 g/mol. The number of rotatable bonds is 3. The largest absolute Gasteiger partial charge is 0.478 e. The first kappa shape index (κ1) is 14.7. The fourth-order valence-corrected chi connectivity index (χ4v) is 4.54. The molecule has 0 radical (unpaired) electrons. The summed E-state index contributed by atoms with van der Waals surface area (Å²) in [6, 6.07) is 0. The molecular formula is C14H14O4S2. The van der Waals surface area contributed by atoms with E-state index in [1.807, 2.05) is 13.8 Å². The molecule has 0 aliphatic carbocycles. The first-order chi connectivity index (χ1) is 9.25. The number of carboxylic acids is 2. The molecule has 0 atom stereocenters. The summed E-state index contributed by atoms with van der Waals surface area (Å²) in [6.07, 6.45) is 0. The predicted octanol–water partition coefficient (Wildman–Crippen LogP) is 4.11. The highest BCUT2D eigenvalue weighted by Crippen LogP contribution is 2.43. The smallest absolute Gasteiger partial charge is 0.337 e. The second-order valence-corrected chi connectivity index (χ2v) is 7.03. The van der Waals surface area contributed by atoms with Crippen LogP contribution in [-0.2, 0) is 0 Å². The van der Waals surface area contributed by atoms with Crippen LogP contribution in [0.4, 0.5) is 0 Å². The molecule has 6 heteroatoms. The van der Waals surface area contributed by atoms with E-state index in [4.69, 9.17) is 0 Å². The molecule has 0 saturated heterocycles. The monoisotopic (exact) mass is 310 g/mol. The van der Waals surface area contributed by atoms with Gasteiger partial charge in [0.05, 0.1) is 20.9 Å². The number of hydrogen-bond acceptors (Lipinski definition) is 4. The average Bonchev–Trinajstić information content (AvgIpc) is 2.79. The zero-order valence-corrected chi connectivity index (χ0v) is 13.2.